The third kappa shape index (κ3) is 3.67. The fourth-order valence-corrected chi connectivity index (χ4v) is 3.80. The van der Waals surface area contributed by atoms with E-state index in [4.69, 9.17) is 9.47 Å². The number of carbonyl (C=O) groups is 1. The molecule has 0 heterocycles. The predicted octanol–water partition coefficient (Wildman–Crippen LogP) is 5.26. The maximum absolute atomic E-state index is 11.5. The first-order valence-corrected chi connectivity index (χ1v) is 9.18. The molecule has 2 aliphatic rings. The van der Waals surface area contributed by atoms with Crippen LogP contribution in [0.5, 0.6) is 11.5 Å². The number of hydrogen-bond donors (Lipinski definition) is 0. The van der Waals surface area contributed by atoms with Crippen molar-refractivity contribution in [2.75, 3.05) is 14.2 Å². The van der Waals surface area contributed by atoms with Crippen LogP contribution in [0.1, 0.15) is 52.7 Å². The second-order valence-corrected chi connectivity index (χ2v) is 6.71. The summed E-state index contributed by atoms with van der Waals surface area (Å²) in [6, 6.07) is 11.9. The van der Waals surface area contributed by atoms with Gasteiger partial charge in [-0.3, -0.25) is 4.79 Å². The molecule has 2 aromatic carbocycles. The summed E-state index contributed by atoms with van der Waals surface area (Å²) >= 11 is 0. The Morgan fingerprint density at radius 1 is 0.769 bits per heavy atom. The van der Waals surface area contributed by atoms with Crippen molar-refractivity contribution in [3.05, 3.63) is 65.2 Å². The van der Waals surface area contributed by atoms with Crippen LogP contribution in [0.15, 0.2) is 43.0 Å². The van der Waals surface area contributed by atoms with Gasteiger partial charge in [0.2, 0.25) is 0 Å². The van der Waals surface area contributed by atoms with Crippen LogP contribution in [0.4, 0.5) is 0 Å². The summed E-state index contributed by atoms with van der Waals surface area (Å²) in [5.74, 6) is 2.11. The molecule has 2 aromatic rings. The zero-order chi connectivity index (χ0) is 18.5. The van der Waals surface area contributed by atoms with E-state index in [1.165, 1.54) is 23.1 Å². The van der Waals surface area contributed by atoms with Crippen LogP contribution in [0.3, 0.4) is 0 Å². The number of allylic oxidation sites excluding steroid dienone is 1. The lowest BCUT2D eigenvalue weighted by molar-refractivity contribution is 0.0971. The molecule has 26 heavy (non-hydrogen) atoms. The molecular formula is C23H26O3. The van der Waals surface area contributed by atoms with E-state index in [0.29, 0.717) is 6.42 Å². The van der Waals surface area contributed by atoms with Crippen LogP contribution < -0.4 is 9.47 Å². The fourth-order valence-electron chi connectivity index (χ4n) is 3.80. The standard InChI is InChI=1S/C12H14O.C11H12O2/c1-9-5-3-7-11-10(9)6-4-8-12(11)13-2;1-13-11-7-3-4-8-9(11)5-2-6-10(8)12/h4,6,8H,1,3,5,7H2,2H3;3-4,7H,2,5-6H2,1H3. The van der Waals surface area contributed by atoms with Crippen molar-refractivity contribution in [1.29, 1.82) is 0 Å². The smallest absolute Gasteiger partial charge is 0.163 e. The highest BCUT2D eigenvalue weighted by molar-refractivity contribution is 5.99. The zero-order valence-electron chi connectivity index (χ0n) is 15.6. The molecule has 2 aliphatic carbocycles. The molecule has 0 aromatic heterocycles. The Kier molecular flexibility index (Phi) is 5.77. The second-order valence-electron chi connectivity index (χ2n) is 6.71. The van der Waals surface area contributed by atoms with Gasteiger partial charge in [0, 0.05) is 23.1 Å². The van der Waals surface area contributed by atoms with Crippen LogP contribution in [-0.2, 0) is 12.8 Å². The first-order valence-electron chi connectivity index (χ1n) is 9.18. The normalized spacial score (nSPS) is 15.3. The summed E-state index contributed by atoms with van der Waals surface area (Å²) in [6.07, 6.45) is 6.04. The molecule has 0 saturated carbocycles. The van der Waals surface area contributed by atoms with Crippen LogP contribution in [0.2, 0.25) is 0 Å². The number of hydrogen-bond acceptors (Lipinski definition) is 3. The van der Waals surface area contributed by atoms with Crippen molar-refractivity contribution >= 4 is 11.4 Å². The number of methoxy groups -OCH3 is 2. The van der Waals surface area contributed by atoms with Gasteiger partial charge >= 0.3 is 0 Å². The van der Waals surface area contributed by atoms with Crippen molar-refractivity contribution in [2.45, 2.75) is 38.5 Å². The highest BCUT2D eigenvalue weighted by Crippen LogP contribution is 2.34. The quantitative estimate of drug-likeness (QED) is 0.741. The van der Waals surface area contributed by atoms with E-state index in [1.54, 1.807) is 14.2 Å². The van der Waals surface area contributed by atoms with Gasteiger partial charge in [0.25, 0.3) is 0 Å². The summed E-state index contributed by atoms with van der Waals surface area (Å²) in [5, 5.41) is 0. The molecule has 0 radical (unpaired) electrons. The molecular weight excluding hydrogens is 324 g/mol. The number of ether oxygens (including phenoxy) is 2. The van der Waals surface area contributed by atoms with Crippen molar-refractivity contribution in [3.8, 4) is 11.5 Å². The Hall–Kier alpha value is -2.55. The number of rotatable bonds is 2. The van der Waals surface area contributed by atoms with Gasteiger partial charge in [-0.2, -0.15) is 0 Å². The average molecular weight is 350 g/mol. The van der Waals surface area contributed by atoms with Gasteiger partial charge in [-0.1, -0.05) is 30.8 Å². The predicted molar refractivity (Wildman–Crippen MR) is 105 cm³/mol. The number of fused-ring (bicyclic) bond motifs is 2. The second kappa shape index (κ2) is 8.22. The molecule has 3 heteroatoms. The number of carbonyl (C=O) groups excluding carboxylic acids is 1. The molecule has 0 saturated heterocycles. The minimum atomic E-state index is 0.250. The molecule has 0 fully saturated rings. The van der Waals surface area contributed by atoms with Gasteiger partial charge in [-0.15, -0.1) is 0 Å². The maximum atomic E-state index is 11.5. The van der Waals surface area contributed by atoms with Crippen LogP contribution in [0.25, 0.3) is 5.57 Å². The van der Waals surface area contributed by atoms with Gasteiger partial charge in [-0.25, -0.2) is 0 Å². The topological polar surface area (TPSA) is 35.5 Å². The molecule has 0 unspecified atom stereocenters. The van der Waals surface area contributed by atoms with Crippen LogP contribution in [0, 0.1) is 0 Å². The van der Waals surface area contributed by atoms with E-state index in [1.807, 2.05) is 30.3 Å². The molecule has 0 N–H and O–H groups in total. The molecule has 3 nitrogen and oxygen atoms in total. The lowest BCUT2D eigenvalue weighted by Gasteiger charge is -2.20. The molecule has 4 rings (SSSR count). The highest BCUT2D eigenvalue weighted by Gasteiger charge is 2.19. The number of benzene rings is 2. The Balaban J connectivity index is 0.000000151. The van der Waals surface area contributed by atoms with Crippen molar-refractivity contribution in [3.63, 3.8) is 0 Å². The van der Waals surface area contributed by atoms with Crippen LogP contribution >= 0.6 is 0 Å². The SMILES string of the molecule is C=C1CCCc2c(OC)cccc21.COc1cccc2c1CCCC2=O. The largest absolute Gasteiger partial charge is 0.496 e. The number of Topliss-reactive ketones (excluding diaryl/α,β-unsaturated/α-hetero) is 1. The van der Waals surface area contributed by atoms with E-state index in [9.17, 15) is 4.79 Å². The Labute approximate surface area is 155 Å². The van der Waals surface area contributed by atoms with Crippen molar-refractivity contribution in [1.82, 2.24) is 0 Å². The summed E-state index contributed by atoms with van der Waals surface area (Å²) in [7, 11) is 3.38. The molecule has 0 atom stereocenters. The first-order chi connectivity index (χ1) is 12.7. The monoisotopic (exact) mass is 350 g/mol. The van der Waals surface area contributed by atoms with Gasteiger partial charge in [0.1, 0.15) is 11.5 Å². The lowest BCUT2D eigenvalue weighted by Crippen LogP contribution is -2.11. The minimum Gasteiger partial charge on any atom is -0.496 e. The fraction of sp³-hybridized carbons (Fsp3) is 0.348. The van der Waals surface area contributed by atoms with Gasteiger partial charge in [0.05, 0.1) is 14.2 Å². The third-order valence-corrected chi connectivity index (χ3v) is 5.12. The average Bonchev–Trinajstić information content (AvgIpc) is 2.68. The summed E-state index contributed by atoms with van der Waals surface area (Å²) < 4.78 is 10.5. The van der Waals surface area contributed by atoms with E-state index < -0.39 is 0 Å². The summed E-state index contributed by atoms with van der Waals surface area (Å²) in [6.45, 7) is 4.08. The molecule has 0 aliphatic heterocycles. The third-order valence-electron chi connectivity index (χ3n) is 5.12. The van der Waals surface area contributed by atoms with E-state index in [2.05, 4.69) is 12.6 Å². The van der Waals surface area contributed by atoms with Crippen molar-refractivity contribution in [2.24, 2.45) is 0 Å². The maximum Gasteiger partial charge on any atom is 0.163 e. The number of ketones is 1. The lowest BCUT2D eigenvalue weighted by atomic mass is 9.88. The Morgan fingerprint density at radius 2 is 1.31 bits per heavy atom. The molecule has 0 bridgehead atoms. The van der Waals surface area contributed by atoms with Crippen molar-refractivity contribution < 1.29 is 14.3 Å². The van der Waals surface area contributed by atoms with E-state index in [-0.39, 0.29) is 5.78 Å². The van der Waals surface area contributed by atoms with E-state index >= 15 is 0 Å². The van der Waals surface area contributed by atoms with Gasteiger partial charge in [0.15, 0.2) is 5.78 Å². The highest BCUT2D eigenvalue weighted by atomic mass is 16.5. The molecule has 0 spiro atoms. The Morgan fingerprint density at radius 3 is 1.92 bits per heavy atom. The molecule has 136 valence electrons. The summed E-state index contributed by atoms with van der Waals surface area (Å²) in [4.78, 5) is 11.5. The first kappa shape index (κ1) is 18.2. The van der Waals surface area contributed by atoms with Gasteiger partial charge < -0.3 is 9.47 Å². The minimum absolute atomic E-state index is 0.250. The van der Waals surface area contributed by atoms with Gasteiger partial charge in [-0.05, 0) is 55.4 Å². The van der Waals surface area contributed by atoms with Crippen LogP contribution in [-0.4, -0.2) is 20.0 Å². The summed E-state index contributed by atoms with van der Waals surface area (Å²) in [5.41, 5.74) is 5.82. The molecule has 0 amide bonds. The Bertz CT molecular complexity index is 751. The van der Waals surface area contributed by atoms with E-state index in [0.717, 1.165) is 48.3 Å². The zero-order valence-corrected chi connectivity index (χ0v) is 15.6.